The molecule has 0 spiro atoms. The Hall–Kier alpha value is -1.64. The summed E-state index contributed by atoms with van der Waals surface area (Å²) in [6, 6.07) is 9.86. The number of benzene rings is 1. The number of hydrogen-bond acceptors (Lipinski definition) is 6. The normalized spacial score (nSPS) is 18.4. The molecular weight excluding hydrogens is 444 g/mol. The predicted octanol–water partition coefficient (Wildman–Crippen LogP) is 3.58. The Morgan fingerprint density at radius 1 is 1.33 bits per heavy atom. The lowest BCUT2D eigenvalue weighted by atomic mass is 10.1. The van der Waals surface area contributed by atoms with Crippen LogP contribution in [0.2, 0.25) is 0 Å². The van der Waals surface area contributed by atoms with Gasteiger partial charge in [0.05, 0.1) is 10.2 Å². The molecular formula is C19H19BrN4OS2. The Labute approximate surface area is 174 Å². The summed E-state index contributed by atoms with van der Waals surface area (Å²) in [6.07, 6.45) is 3.16. The summed E-state index contributed by atoms with van der Waals surface area (Å²) < 4.78 is 0.912. The van der Waals surface area contributed by atoms with Crippen LogP contribution in [0.1, 0.15) is 37.2 Å². The number of hydrazone groups is 1. The second-order valence-electron chi connectivity index (χ2n) is 6.29. The Morgan fingerprint density at radius 2 is 2.22 bits per heavy atom. The van der Waals surface area contributed by atoms with Crippen LogP contribution in [0.4, 0.5) is 0 Å². The Bertz CT molecular complexity index is 1000. The van der Waals surface area contributed by atoms with Crippen molar-refractivity contribution in [2.75, 3.05) is 5.75 Å². The molecule has 140 valence electrons. The van der Waals surface area contributed by atoms with Gasteiger partial charge in [0.25, 0.3) is 5.91 Å². The van der Waals surface area contributed by atoms with Crippen molar-refractivity contribution in [1.82, 2.24) is 10.3 Å². The summed E-state index contributed by atoms with van der Waals surface area (Å²) in [4.78, 5) is 18.9. The van der Waals surface area contributed by atoms with Gasteiger partial charge in [-0.1, -0.05) is 53.5 Å². The molecule has 0 unspecified atom stereocenters. The number of amides is 1. The van der Waals surface area contributed by atoms with E-state index in [9.17, 15) is 4.79 Å². The summed E-state index contributed by atoms with van der Waals surface area (Å²) in [7, 11) is 0. The Balaban J connectivity index is 1.78. The van der Waals surface area contributed by atoms with Crippen LogP contribution in [0.25, 0.3) is 5.70 Å². The maximum absolute atomic E-state index is 13.0. The van der Waals surface area contributed by atoms with Gasteiger partial charge in [-0.25, -0.2) is 5.01 Å². The van der Waals surface area contributed by atoms with Gasteiger partial charge in [-0.15, -0.1) is 16.4 Å². The average Bonchev–Trinajstić information content (AvgIpc) is 3.19. The van der Waals surface area contributed by atoms with Crippen LogP contribution < -0.4 is 15.9 Å². The molecule has 2 aliphatic rings. The fourth-order valence-corrected chi connectivity index (χ4v) is 5.02. The van der Waals surface area contributed by atoms with Crippen molar-refractivity contribution < 1.29 is 4.79 Å². The van der Waals surface area contributed by atoms with E-state index in [0.717, 1.165) is 32.1 Å². The molecule has 2 aliphatic heterocycles. The van der Waals surface area contributed by atoms with Gasteiger partial charge in [0.15, 0.2) is 11.3 Å². The van der Waals surface area contributed by atoms with Gasteiger partial charge in [-0.2, -0.15) is 0 Å². The van der Waals surface area contributed by atoms with Crippen LogP contribution in [-0.4, -0.2) is 21.8 Å². The van der Waals surface area contributed by atoms with Gasteiger partial charge in [0, 0.05) is 15.4 Å². The number of unbranched alkanes of at least 4 members (excludes halogenated alkanes) is 2. The quantitative estimate of drug-likeness (QED) is 0.690. The largest absolute Gasteiger partial charge is 0.298 e. The zero-order chi connectivity index (χ0) is 18.8. The van der Waals surface area contributed by atoms with Crippen molar-refractivity contribution in [1.29, 1.82) is 0 Å². The zero-order valence-corrected chi connectivity index (χ0v) is 18.0. The highest BCUT2D eigenvalue weighted by Crippen LogP contribution is 2.33. The molecule has 0 saturated carbocycles. The minimum atomic E-state index is -0.314. The standard InChI is InChI=1S/C19H19BrN4OS2/c1-2-3-4-9-27-19-22-18(25)16-13-11-12(20)7-8-14(13)21-17(24(16)23-19)15-6-5-10-26-15/h5-8,10-11,17H,2-4,9H2,1H3,(H,22,23,25)/t17-/m1/s1. The van der Waals surface area contributed by atoms with Gasteiger partial charge in [0.2, 0.25) is 0 Å². The first-order valence-electron chi connectivity index (χ1n) is 8.90. The van der Waals surface area contributed by atoms with Gasteiger partial charge >= 0.3 is 0 Å². The minimum Gasteiger partial charge on any atom is -0.298 e. The van der Waals surface area contributed by atoms with Crippen molar-refractivity contribution >= 4 is 55.8 Å². The van der Waals surface area contributed by atoms with Crippen molar-refractivity contribution in [3.63, 3.8) is 0 Å². The smallest absolute Gasteiger partial charge is 0.276 e. The molecule has 27 heavy (non-hydrogen) atoms. The number of thiophene rings is 1. The molecule has 8 heteroatoms. The fourth-order valence-electron chi connectivity index (χ4n) is 3.06. The second-order valence-corrected chi connectivity index (χ2v) is 9.27. The van der Waals surface area contributed by atoms with Gasteiger partial charge in [-0.3, -0.25) is 15.1 Å². The molecule has 0 radical (unpaired) electrons. The third-order valence-corrected chi connectivity index (χ3v) is 6.71. The van der Waals surface area contributed by atoms with E-state index < -0.39 is 0 Å². The molecule has 1 N–H and O–H groups in total. The van der Waals surface area contributed by atoms with Crippen LogP contribution in [0, 0.1) is 0 Å². The number of amidine groups is 1. The van der Waals surface area contributed by atoms with Crippen LogP contribution >= 0.6 is 39.0 Å². The number of carbonyl (C=O) groups excluding carboxylic acids is 1. The summed E-state index contributed by atoms with van der Waals surface area (Å²) in [6.45, 7) is 2.18. The lowest BCUT2D eigenvalue weighted by Gasteiger charge is -2.33. The molecule has 0 fully saturated rings. The van der Waals surface area contributed by atoms with Crippen molar-refractivity contribution in [3.8, 4) is 0 Å². The Kier molecular flexibility index (Phi) is 5.66. The van der Waals surface area contributed by atoms with E-state index in [1.54, 1.807) is 28.1 Å². The van der Waals surface area contributed by atoms with Gasteiger partial charge < -0.3 is 0 Å². The van der Waals surface area contributed by atoms with Crippen molar-refractivity contribution in [2.24, 2.45) is 10.1 Å². The lowest BCUT2D eigenvalue weighted by molar-refractivity contribution is -0.116. The maximum Gasteiger partial charge on any atom is 0.276 e. The topological polar surface area (TPSA) is 57.1 Å². The van der Waals surface area contributed by atoms with E-state index in [0.29, 0.717) is 10.9 Å². The molecule has 1 amide bonds. The lowest BCUT2D eigenvalue weighted by Crippen LogP contribution is -2.50. The first-order valence-corrected chi connectivity index (χ1v) is 11.6. The monoisotopic (exact) mass is 462 g/mol. The number of fused-ring (bicyclic) bond motifs is 2. The number of thioether (sulfide) groups is 1. The molecule has 1 aromatic carbocycles. The molecule has 1 aromatic heterocycles. The highest BCUT2D eigenvalue weighted by molar-refractivity contribution is 9.10. The molecule has 0 aliphatic carbocycles. The maximum atomic E-state index is 13.0. The van der Waals surface area contributed by atoms with Crippen molar-refractivity contribution in [2.45, 2.75) is 32.4 Å². The molecule has 0 saturated heterocycles. The fraction of sp³-hybridized carbons (Fsp3) is 0.316. The van der Waals surface area contributed by atoms with Gasteiger partial charge in [0.1, 0.15) is 5.70 Å². The number of nitrogens with one attached hydrogen (secondary N) is 1. The van der Waals surface area contributed by atoms with Gasteiger partial charge in [-0.05, 0) is 36.1 Å². The summed E-state index contributed by atoms with van der Waals surface area (Å²) in [5.41, 5.74) is 0.553. The summed E-state index contributed by atoms with van der Waals surface area (Å²) in [5, 5.41) is 13.8. The molecule has 4 rings (SSSR count). The number of hydrogen-bond donors (Lipinski definition) is 1. The van der Waals surface area contributed by atoms with Crippen LogP contribution in [-0.2, 0) is 4.79 Å². The Morgan fingerprint density at radius 3 is 3.00 bits per heavy atom. The molecule has 0 bridgehead atoms. The first kappa shape index (κ1) is 18.7. The zero-order valence-electron chi connectivity index (χ0n) is 14.8. The third kappa shape index (κ3) is 3.83. The van der Waals surface area contributed by atoms with Crippen LogP contribution in [0.15, 0.2) is 50.3 Å². The van der Waals surface area contributed by atoms with E-state index in [4.69, 9.17) is 10.1 Å². The van der Waals surface area contributed by atoms with Crippen molar-refractivity contribution in [3.05, 3.63) is 55.6 Å². The first-order chi connectivity index (χ1) is 13.2. The second kappa shape index (κ2) is 8.16. The van der Waals surface area contributed by atoms with E-state index in [-0.39, 0.29) is 12.1 Å². The predicted molar refractivity (Wildman–Crippen MR) is 115 cm³/mol. The summed E-state index contributed by atoms with van der Waals surface area (Å²) in [5.74, 6) is 0.817. The summed E-state index contributed by atoms with van der Waals surface area (Å²) >= 11 is 6.72. The number of nitrogens with zero attached hydrogens (tertiary/aromatic N) is 3. The molecule has 2 aromatic rings. The van der Waals surface area contributed by atoms with E-state index in [2.05, 4.69) is 28.2 Å². The third-order valence-electron chi connectivity index (χ3n) is 4.35. The van der Waals surface area contributed by atoms with Crippen LogP contribution in [0.3, 0.4) is 0 Å². The number of halogens is 1. The van der Waals surface area contributed by atoms with E-state index in [1.165, 1.54) is 12.8 Å². The average molecular weight is 463 g/mol. The number of rotatable bonds is 5. The molecule has 1 atom stereocenters. The highest BCUT2D eigenvalue weighted by atomic mass is 79.9. The minimum absolute atomic E-state index is 0.126. The molecule has 3 heterocycles. The van der Waals surface area contributed by atoms with Crippen LogP contribution in [0.5, 0.6) is 0 Å². The number of carbonyl (C=O) groups is 1. The van der Waals surface area contributed by atoms with E-state index >= 15 is 0 Å². The highest BCUT2D eigenvalue weighted by Gasteiger charge is 2.34. The molecule has 5 nitrogen and oxygen atoms in total. The SMILES string of the molecule is CCCCCSC1=NN2C(=c3cc(Br)ccc3=N[C@H]2c2cccs2)C(=O)N1. The van der Waals surface area contributed by atoms with E-state index in [1.807, 2.05) is 35.7 Å².